The number of hydrogen-bond donors (Lipinski definition) is 0. The van der Waals surface area contributed by atoms with Crippen molar-refractivity contribution in [3.8, 4) is 16.9 Å². The summed E-state index contributed by atoms with van der Waals surface area (Å²) in [6.45, 7) is 1.75. The highest BCUT2D eigenvalue weighted by atomic mass is 79.9. The molecule has 0 spiro atoms. The fourth-order valence-corrected chi connectivity index (χ4v) is 3.30. The van der Waals surface area contributed by atoms with Gasteiger partial charge in [-0.15, -0.1) is 0 Å². The number of benzene rings is 3. The molecule has 0 aliphatic rings. The van der Waals surface area contributed by atoms with Crippen LogP contribution >= 0.6 is 15.9 Å². The Labute approximate surface area is 169 Å². The fraction of sp³-hybridized carbons (Fsp3) is 0.0435. The lowest BCUT2D eigenvalue weighted by molar-refractivity contribution is 0.0735. The van der Waals surface area contributed by atoms with Crippen LogP contribution in [0.25, 0.3) is 22.1 Å². The zero-order chi connectivity index (χ0) is 19.7. The zero-order valence-corrected chi connectivity index (χ0v) is 16.5. The third kappa shape index (κ3) is 3.49. The molecule has 0 fully saturated rings. The van der Waals surface area contributed by atoms with Crippen molar-refractivity contribution in [1.29, 1.82) is 0 Å². The quantitative estimate of drug-likeness (QED) is 0.304. The largest absolute Gasteiger partial charge is 0.460 e. The average Bonchev–Trinajstić information content (AvgIpc) is 2.69. The Hall–Kier alpha value is -3.18. The Morgan fingerprint density at radius 3 is 2.39 bits per heavy atom. The number of carbonyl (C=O) groups excluding carboxylic acids is 1. The summed E-state index contributed by atoms with van der Waals surface area (Å²) in [7, 11) is 0. The SMILES string of the molecule is Cc1oc2cc(OC(=O)c3ccc(Br)cc3)ccc2c(=O)c1-c1ccccc1. The lowest BCUT2D eigenvalue weighted by Crippen LogP contribution is -2.10. The van der Waals surface area contributed by atoms with E-state index in [4.69, 9.17) is 9.15 Å². The first-order valence-corrected chi connectivity index (χ1v) is 9.43. The first-order chi connectivity index (χ1) is 13.5. The normalized spacial score (nSPS) is 10.8. The van der Waals surface area contributed by atoms with Crippen LogP contribution in [0.2, 0.25) is 0 Å². The van der Waals surface area contributed by atoms with E-state index in [-0.39, 0.29) is 5.43 Å². The van der Waals surface area contributed by atoms with Gasteiger partial charge in [-0.25, -0.2) is 4.79 Å². The Bertz CT molecular complexity index is 1230. The third-order valence-corrected chi connectivity index (χ3v) is 4.92. The molecule has 4 rings (SSSR count). The van der Waals surface area contributed by atoms with E-state index >= 15 is 0 Å². The van der Waals surface area contributed by atoms with E-state index in [1.54, 1.807) is 49.4 Å². The molecule has 0 aliphatic heterocycles. The van der Waals surface area contributed by atoms with Crippen molar-refractivity contribution in [3.63, 3.8) is 0 Å². The highest BCUT2D eigenvalue weighted by Gasteiger charge is 2.15. The Kier molecular flexibility index (Phi) is 4.84. The van der Waals surface area contributed by atoms with Gasteiger partial charge < -0.3 is 9.15 Å². The minimum absolute atomic E-state index is 0.115. The molecule has 3 aromatic carbocycles. The maximum absolute atomic E-state index is 13.0. The third-order valence-electron chi connectivity index (χ3n) is 4.39. The maximum Gasteiger partial charge on any atom is 0.343 e. The summed E-state index contributed by atoms with van der Waals surface area (Å²) in [6.07, 6.45) is 0. The van der Waals surface area contributed by atoms with Gasteiger partial charge in [0.15, 0.2) is 0 Å². The van der Waals surface area contributed by atoms with Gasteiger partial charge in [-0.2, -0.15) is 0 Å². The monoisotopic (exact) mass is 434 g/mol. The summed E-state index contributed by atoms with van der Waals surface area (Å²) in [5, 5.41) is 0.438. The predicted octanol–water partition coefficient (Wildman–Crippen LogP) is 5.75. The summed E-state index contributed by atoms with van der Waals surface area (Å²) in [4.78, 5) is 25.3. The van der Waals surface area contributed by atoms with Gasteiger partial charge in [0.2, 0.25) is 5.43 Å². The zero-order valence-electron chi connectivity index (χ0n) is 14.9. The van der Waals surface area contributed by atoms with Gasteiger partial charge in [-0.1, -0.05) is 46.3 Å². The van der Waals surface area contributed by atoms with Crippen LogP contribution < -0.4 is 10.2 Å². The van der Waals surface area contributed by atoms with Crippen molar-refractivity contribution in [1.82, 2.24) is 0 Å². The minimum Gasteiger partial charge on any atom is -0.460 e. The average molecular weight is 435 g/mol. The highest BCUT2D eigenvalue weighted by Crippen LogP contribution is 2.26. The molecule has 0 saturated heterocycles. The van der Waals surface area contributed by atoms with Crippen LogP contribution in [0.15, 0.2) is 86.5 Å². The molecule has 0 N–H and O–H groups in total. The van der Waals surface area contributed by atoms with Crippen molar-refractivity contribution in [2.45, 2.75) is 6.92 Å². The summed E-state index contributed by atoms with van der Waals surface area (Å²) >= 11 is 3.33. The molecule has 1 heterocycles. The molecular formula is C23H15BrO4. The van der Waals surface area contributed by atoms with Crippen LogP contribution in [0.5, 0.6) is 5.75 Å². The molecule has 0 unspecified atom stereocenters. The van der Waals surface area contributed by atoms with Gasteiger partial charge in [0.25, 0.3) is 0 Å². The second kappa shape index (κ2) is 7.44. The number of aryl methyl sites for hydroxylation is 1. The molecule has 0 amide bonds. The number of carbonyl (C=O) groups is 1. The van der Waals surface area contributed by atoms with Gasteiger partial charge in [-0.3, -0.25) is 4.79 Å². The maximum atomic E-state index is 13.0. The lowest BCUT2D eigenvalue weighted by atomic mass is 10.0. The van der Waals surface area contributed by atoms with E-state index in [0.717, 1.165) is 10.0 Å². The van der Waals surface area contributed by atoms with Gasteiger partial charge in [0.05, 0.1) is 16.5 Å². The Morgan fingerprint density at radius 2 is 1.68 bits per heavy atom. The van der Waals surface area contributed by atoms with Crippen LogP contribution in [0.4, 0.5) is 0 Å². The number of esters is 1. The number of ether oxygens (including phenoxy) is 1. The summed E-state index contributed by atoms with van der Waals surface area (Å²) < 4.78 is 12.2. The van der Waals surface area contributed by atoms with E-state index in [1.165, 1.54) is 0 Å². The van der Waals surface area contributed by atoms with Crippen LogP contribution in [0.1, 0.15) is 16.1 Å². The number of hydrogen-bond acceptors (Lipinski definition) is 4. The standard InChI is InChI=1S/C23H15BrO4/c1-14-21(15-5-3-2-4-6-15)22(25)19-12-11-18(13-20(19)27-14)28-23(26)16-7-9-17(24)10-8-16/h2-13H,1H3. The van der Waals surface area contributed by atoms with E-state index in [9.17, 15) is 9.59 Å². The molecule has 0 radical (unpaired) electrons. The molecule has 4 nitrogen and oxygen atoms in total. The van der Waals surface area contributed by atoms with Crippen molar-refractivity contribution in [2.24, 2.45) is 0 Å². The van der Waals surface area contributed by atoms with Crippen LogP contribution in [-0.2, 0) is 0 Å². The van der Waals surface area contributed by atoms with Crippen LogP contribution in [0, 0.1) is 6.92 Å². The number of rotatable bonds is 3. The molecule has 0 bridgehead atoms. The molecular weight excluding hydrogens is 420 g/mol. The molecule has 0 atom stereocenters. The Balaban J connectivity index is 1.71. The first kappa shape index (κ1) is 18.2. The second-order valence-electron chi connectivity index (χ2n) is 6.28. The first-order valence-electron chi connectivity index (χ1n) is 8.63. The lowest BCUT2D eigenvalue weighted by Gasteiger charge is -2.09. The number of halogens is 1. The van der Waals surface area contributed by atoms with Crippen LogP contribution in [-0.4, -0.2) is 5.97 Å². The second-order valence-corrected chi connectivity index (χ2v) is 7.20. The molecule has 4 aromatic rings. The molecule has 0 aliphatic carbocycles. The molecule has 5 heteroatoms. The van der Waals surface area contributed by atoms with E-state index in [0.29, 0.717) is 33.6 Å². The van der Waals surface area contributed by atoms with Gasteiger partial charge in [0, 0.05) is 10.5 Å². The topological polar surface area (TPSA) is 56.5 Å². The van der Waals surface area contributed by atoms with E-state index in [2.05, 4.69) is 15.9 Å². The number of fused-ring (bicyclic) bond motifs is 1. The summed E-state index contributed by atoms with van der Waals surface area (Å²) in [5.41, 5.74) is 2.04. The van der Waals surface area contributed by atoms with Gasteiger partial charge >= 0.3 is 5.97 Å². The van der Waals surface area contributed by atoms with E-state index < -0.39 is 5.97 Å². The van der Waals surface area contributed by atoms with Gasteiger partial charge in [-0.05, 0) is 48.9 Å². The molecule has 138 valence electrons. The fourth-order valence-electron chi connectivity index (χ4n) is 3.04. The van der Waals surface area contributed by atoms with Crippen molar-refractivity contribution in [3.05, 3.63) is 98.8 Å². The van der Waals surface area contributed by atoms with Crippen LogP contribution in [0.3, 0.4) is 0 Å². The van der Waals surface area contributed by atoms with Crippen molar-refractivity contribution in [2.75, 3.05) is 0 Å². The predicted molar refractivity (Wildman–Crippen MR) is 112 cm³/mol. The molecule has 0 saturated carbocycles. The summed E-state index contributed by atoms with van der Waals surface area (Å²) in [6, 6.07) is 21.1. The van der Waals surface area contributed by atoms with Gasteiger partial charge in [0.1, 0.15) is 17.1 Å². The highest BCUT2D eigenvalue weighted by molar-refractivity contribution is 9.10. The Morgan fingerprint density at radius 1 is 0.964 bits per heavy atom. The van der Waals surface area contributed by atoms with Crippen molar-refractivity contribution >= 4 is 32.9 Å². The van der Waals surface area contributed by atoms with Crippen molar-refractivity contribution < 1.29 is 13.9 Å². The smallest absolute Gasteiger partial charge is 0.343 e. The summed E-state index contributed by atoms with van der Waals surface area (Å²) in [5.74, 6) is 0.349. The minimum atomic E-state index is -0.480. The molecule has 1 aromatic heterocycles. The van der Waals surface area contributed by atoms with E-state index in [1.807, 2.05) is 30.3 Å². The molecule has 28 heavy (non-hydrogen) atoms.